The molecule has 0 spiro atoms. The molecule has 0 heterocycles. The van der Waals surface area contributed by atoms with Gasteiger partial charge in [-0.15, -0.1) is 11.8 Å². The first kappa shape index (κ1) is 21.1. The zero-order valence-electron chi connectivity index (χ0n) is 15.3. The van der Waals surface area contributed by atoms with Gasteiger partial charge in [-0.1, -0.05) is 52.3 Å². The van der Waals surface area contributed by atoms with Crippen LogP contribution in [0.4, 0.5) is 15.8 Å². The van der Waals surface area contributed by atoms with E-state index < -0.39 is 5.82 Å². The molecule has 0 radical (unpaired) electrons. The third kappa shape index (κ3) is 6.73. The molecule has 0 aliphatic rings. The van der Waals surface area contributed by atoms with E-state index in [9.17, 15) is 14.0 Å². The minimum atomic E-state index is -0.499. The summed E-state index contributed by atoms with van der Waals surface area (Å²) in [7, 11) is 0. The van der Waals surface area contributed by atoms with Crippen molar-refractivity contribution >= 4 is 50.9 Å². The van der Waals surface area contributed by atoms with E-state index >= 15 is 0 Å². The van der Waals surface area contributed by atoms with E-state index in [0.717, 1.165) is 10.5 Å². The fraction of sp³-hybridized carbons (Fsp3) is 0.0909. The Morgan fingerprint density at radius 1 is 0.897 bits per heavy atom. The number of carbonyl (C=O) groups is 2. The minimum absolute atomic E-state index is 0.109. The van der Waals surface area contributed by atoms with E-state index in [1.165, 1.54) is 23.9 Å². The second-order valence-electron chi connectivity index (χ2n) is 6.20. The first-order valence-electron chi connectivity index (χ1n) is 8.81. The van der Waals surface area contributed by atoms with Crippen LogP contribution in [0.5, 0.6) is 0 Å². The molecule has 0 bridgehead atoms. The molecule has 0 atom stereocenters. The van der Waals surface area contributed by atoms with Crippen molar-refractivity contribution in [1.29, 1.82) is 0 Å². The van der Waals surface area contributed by atoms with Crippen molar-refractivity contribution in [3.63, 3.8) is 0 Å². The average molecular weight is 473 g/mol. The van der Waals surface area contributed by atoms with Gasteiger partial charge in [0.25, 0.3) is 0 Å². The number of hydrogen-bond acceptors (Lipinski definition) is 3. The summed E-state index contributed by atoms with van der Waals surface area (Å²) in [5, 5.41) is 5.42. The van der Waals surface area contributed by atoms with Crippen LogP contribution in [0.25, 0.3) is 0 Å². The molecular formula is C22H18BrFN2O2S. The predicted molar refractivity (Wildman–Crippen MR) is 119 cm³/mol. The van der Waals surface area contributed by atoms with Crippen molar-refractivity contribution in [1.82, 2.24) is 0 Å². The van der Waals surface area contributed by atoms with Crippen molar-refractivity contribution < 1.29 is 14.0 Å². The maximum atomic E-state index is 13.8. The molecule has 0 aliphatic carbocycles. The van der Waals surface area contributed by atoms with E-state index in [4.69, 9.17) is 0 Å². The van der Waals surface area contributed by atoms with Crippen molar-refractivity contribution in [3.05, 3.63) is 88.6 Å². The van der Waals surface area contributed by atoms with Crippen molar-refractivity contribution in [2.24, 2.45) is 0 Å². The Bertz CT molecular complexity index is 1010. The number of thioether (sulfide) groups is 1. The Morgan fingerprint density at radius 2 is 1.69 bits per heavy atom. The number of rotatable bonds is 7. The number of halogens is 2. The van der Waals surface area contributed by atoms with Gasteiger partial charge in [0.05, 0.1) is 17.9 Å². The molecule has 7 heteroatoms. The van der Waals surface area contributed by atoms with E-state index in [0.29, 0.717) is 16.6 Å². The van der Waals surface area contributed by atoms with E-state index in [1.807, 2.05) is 42.5 Å². The second-order valence-corrected chi connectivity index (χ2v) is 8.16. The minimum Gasteiger partial charge on any atom is -0.326 e. The molecule has 0 aromatic heterocycles. The fourth-order valence-electron chi connectivity index (χ4n) is 2.58. The second kappa shape index (κ2) is 10.2. The number of amides is 2. The number of hydrogen-bond donors (Lipinski definition) is 2. The summed E-state index contributed by atoms with van der Waals surface area (Å²) in [5.74, 6) is -0.797. The van der Waals surface area contributed by atoms with Crippen LogP contribution in [0, 0.1) is 5.82 Å². The first-order valence-corrected chi connectivity index (χ1v) is 10.6. The number of carbonyl (C=O) groups excluding carboxylic acids is 2. The summed E-state index contributed by atoms with van der Waals surface area (Å²) < 4.78 is 14.4. The fourth-order valence-corrected chi connectivity index (χ4v) is 3.66. The van der Waals surface area contributed by atoms with Crippen LogP contribution in [0.2, 0.25) is 0 Å². The lowest BCUT2D eigenvalue weighted by Gasteiger charge is -2.09. The van der Waals surface area contributed by atoms with Crippen LogP contribution in [-0.4, -0.2) is 17.6 Å². The summed E-state index contributed by atoms with van der Waals surface area (Å²) in [6.07, 6.45) is 0.291. The first-order chi connectivity index (χ1) is 14.0. The van der Waals surface area contributed by atoms with Gasteiger partial charge in [-0.3, -0.25) is 9.59 Å². The molecule has 4 nitrogen and oxygen atoms in total. The van der Waals surface area contributed by atoms with Gasteiger partial charge in [-0.25, -0.2) is 4.39 Å². The average Bonchev–Trinajstić information content (AvgIpc) is 2.69. The molecule has 0 unspecified atom stereocenters. The van der Waals surface area contributed by atoms with Crippen LogP contribution >= 0.6 is 27.7 Å². The van der Waals surface area contributed by atoms with Gasteiger partial charge in [-0.05, 0) is 42.0 Å². The number of nitrogens with one attached hydrogen (secondary N) is 2. The highest BCUT2D eigenvalue weighted by molar-refractivity contribution is 9.10. The van der Waals surface area contributed by atoms with Gasteiger partial charge in [0, 0.05) is 15.1 Å². The number of anilines is 2. The molecule has 148 valence electrons. The molecule has 3 aromatic rings. The molecule has 0 saturated heterocycles. The zero-order valence-corrected chi connectivity index (χ0v) is 17.7. The third-order valence-electron chi connectivity index (χ3n) is 3.90. The predicted octanol–water partition coefficient (Wildman–Crippen LogP) is 5.50. The van der Waals surface area contributed by atoms with Gasteiger partial charge in [0.2, 0.25) is 11.8 Å². The van der Waals surface area contributed by atoms with Crippen LogP contribution in [0.1, 0.15) is 5.56 Å². The lowest BCUT2D eigenvalue weighted by molar-refractivity contribution is -0.115. The molecule has 3 rings (SSSR count). The Morgan fingerprint density at radius 3 is 2.45 bits per heavy atom. The quantitative estimate of drug-likeness (QED) is 0.446. The van der Waals surface area contributed by atoms with Crippen molar-refractivity contribution in [2.75, 3.05) is 16.4 Å². The molecule has 3 aromatic carbocycles. The van der Waals surface area contributed by atoms with Gasteiger partial charge >= 0.3 is 0 Å². The summed E-state index contributed by atoms with van der Waals surface area (Å²) in [5.41, 5.74) is 1.74. The SMILES string of the molecule is O=C(Cc1ccccc1)Nc1cccc(SCC(=O)Nc2ccc(Br)cc2F)c1. The van der Waals surface area contributed by atoms with Gasteiger partial charge in [0.15, 0.2) is 0 Å². The van der Waals surface area contributed by atoms with Crippen LogP contribution in [-0.2, 0) is 16.0 Å². The molecular weight excluding hydrogens is 455 g/mol. The highest BCUT2D eigenvalue weighted by Crippen LogP contribution is 2.23. The van der Waals surface area contributed by atoms with Crippen molar-refractivity contribution in [3.8, 4) is 0 Å². The van der Waals surface area contributed by atoms with Gasteiger partial charge in [0.1, 0.15) is 5.82 Å². The normalized spacial score (nSPS) is 10.4. The Balaban J connectivity index is 1.52. The standard InChI is InChI=1S/C22H18BrFN2O2S/c23-16-9-10-20(19(24)12-16)26-22(28)14-29-18-8-4-7-17(13-18)25-21(27)11-15-5-2-1-3-6-15/h1-10,12-13H,11,14H2,(H,25,27)(H,26,28). The lowest BCUT2D eigenvalue weighted by Crippen LogP contribution is -2.15. The van der Waals surface area contributed by atoms with Crippen molar-refractivity contribution in [2.45, 2.75) is 11.3 Å². The Labute approximate surface area is 181 Å². The molecule has 29 heavy (non-hydrogen) atoms. The number of benzene rings is 3. The molecule has 0 fully saturated rings. The third-order valence-corrected chi connectivity index (χ3v) is 5.39. The van der Waals surface area contributed by atoms with Crippen LogP contribution in [0.15, 0.2) is 82.2 Å². The summed E-state index contributed by atoms with van der Waals surface area (Å²) in [4.78, 5) is 25.1. The molecule has 2 N–H and O–H groups in total. The Kier molecular flexibility index (Phi) is 7.43. The van der Waals surface area contributed by atoms with Gasteiger partial charge in [-0.2, -0.15) is 0 Å². The summed E-state index contributed by atoms with van der Waals surface area (Å²) in [6.45, 7) is 0. The maximum absolute atomic E-state index is 13.8. The molecule has 0 aliphatic heterocycles. The van der Waals surface area contributed by atoms with E-state index in [1.54, 1.807) is 18.2 Å². The maximum Gasteiger partial charge on any atom is 0.234 e. The van der Waals surface area contributed by atoms with E-state index in [2.05, 4.69) is 26.6 Å². The van der Waals surface area contributed by atoms with Crippen LogP contribution in [0.3, 0.4) is 0 Å². The highest BCUT2D eigenvalue weighted by atomic mass is 79.9. The summed E-state index contributed by atoms with van der Waals surface area (Å²) >= 11 is 4.49. The zero-order chi connectivity index (χ0) is 20.6. The van der Waals surface area contributed by atoms with Crippen LogP contribution < -0.4 is 10.6 Å². The highest BCUT2D eigenvalue weighted by Gasteiger charge is 2.09. The lowest BCUT2D eigenvalue weighted by atomic mass is 10.1. The molecule has 0 saturated carbocycles. The molecule has 2 amide bonds. The summed E-state index contributed by atoms with van der Waals surface area (Å²) in [6, 6.07) is 21.2. The monoisotopic (exact) mass is 472 g/mol. The largest absolute Gasteiger partial charge is 0.326 e. The van der Waals surface area contributed by atoms with E-state index in [-0.39, 0.29) is 23.3 Å². The smallest absolute Gasteiger partial charge is 0.234 e. The van der Waals surface area contributed by atoms with Gasteiger partial charge < -0.3 is 10.6 Å². The Hall–Kier alpha value is -2.64. The topological polar surface area (TPSA) is 58.2 Å².